The summed E-state index contributed by atoms with van der Waals surface area (Å²) in [5, 5.41) is 6.07. The quantitative estimate of drug-likeness (QED) is 0.694. The minimum atomic E-state index is -0.841. The van der Waals surface area contributed by atoms with E-state index in [1.165, 1.54) is 0 Å². The Morgan fingerprint density at radius 3 is 2.12 bits per heavy atom. The maximum Gasteiger partial charge on any atom is 0.251 e. The number of benzene rings is 2. The highest BCUT2D eigenvalue weighted by molar-refractivity contribution is 5.97. The fourth-order valence-electron chi connectivity index (χ4n) is 2.52. The second-order valence-corrected chi connectivity index (χ2v) is 5.56. The Hall–Kier alpha value is -2.66. The van der Waals surface area contributed by atoms with Crippen molar-refractivity contribution in [2.24, 2.45) is 5.73 Å². The molecular formula is C19H23N3O2. The molecule has 2 aromatic rings. The number of nitrogens with one attached hydrogen (secondary N) is 2. The number of rotatable bonds is 8. The van der Waals surface area contributed by atoms with E-state index in [0.29, 0.717) is 12.1 Å². The molecule has 24 heavy (non-hydrogen) atoms. The highest BCUT2D eigenvalue weighted by Crippen LogP contribution is 2.17. The predicted octanol–water partition coefficient (Wildman–Crippen LogP) is 2.01. The Kier molecular flexibility index (Phi) is 6.51. The van der Waals surface area contributed by atoms with Crippen LogP contribution in [-0.4, -0.2) is 24.4 Å². The molecule has 5 heteroatoms. The van der Waals surface area contributed by atoms with E-state index in [1.807, 2.05) is 43.3 Å². The van der Waals surface area contributed by atoms with Crippen LogP contribution in [0.25, 0.3) is 0 Å². The van der Waals surface area contributed by atoms with Gasteiger partial charge in [0.15, 0.2) is 0 Å². The van der Waals surface area contributed by atoms with Gasteiger partial charge in [-0.15, -0.1) is 0 Å². The first-order valence-electron chi connectivity index (χ1n) is 8.07. The van der Waals surface area contributed by atoms with E-state index < -0.39 is 11.9 Å². The zero-order valence-corrected chi connectivity index (χ0v) is 13.7. The van der Waals surface area contributed by atoms with Crippen molar-refractivity contribution in [3.63, 3.8) is 0 Å². The summed E-state index contributed by atoms with van der Waals surface area (Å²) in [7, 11) is 0. The minimum Gasteiger partial charge on any atom is -0.368 e. The Balaban J connectivity index is 2.24. The standard InChI is InChI=1S/C19H23N3O2/c1-2-13-21-16(14-9-5-3-6-10-14)17(18(20)23)22-19(24)15-11-7-4-8-12-15/h3-12,16-17,21H,2,13H2,1H3,(H2,20,23)(H,22,24)/t16-,17-/m1/s1. The zero-order valence-electron chi connectivity index (χ0n) is 13.7. The van der Waals surface area contributed by atoms with Gasteiger partial charge in [0.2, 0.25) is 5.91 Å². The lowest BCUT2D eigenvalue weighted by atomic mass is 9.98. The first kappa shape index (κ1) is 17.7. The van der Waals surface area contributed by atoms with Crippen LogP contribution in [0.4, 0.5) is 0 Å². The fraction of sp³-hybridized carbons (Fsp3) is 0.263. The van der Waals surface area contributed by atoms with Crippen LogP contribution in [0.15, 0.2) is 60.7 Å². The van der Waals surface area contributed by atoms with Gasteiger partial charge in [0.05, 0.1) is 6.04 Å². The van der Waals surface area contributed by atoms with Crippen molar-refractivity contribution in [2.75, 3.05) is 6.54 Å². The lowest BCUT2D eigenvalue weighted by molar-refractivity contribution is -0.120. The maximum atomic E-state index is 12.4. The smallest absolute Gasteiger partial charge is 0.251 e. The maximum absolute atomic E-state index is 12.4. The van der Waals surface area contributed by atoms with E-state index in [2.05, 4.69) is 10.6 Å². The summed E-state index contributed by atoms with van der Waals surface area (Å²) in [4.78, 5) is 24.4. The van der Waals surface area contributed by atoms with Crippen LogP contribution in [0, 0.1) is 0 Å². The molecular weight excluding hydrogens is 302 g/mol. The Bertz CT molecular complexity index is 659. The molecule has 0 aliphatic rings. The first-order valence-corrected chi connectivity index (χ1v) is 8.07. The third-order valence-corrected chi connectivity index (χ3v) is 3.74. The molecule has 0 saturated heterocycles. The van der Waals surface area contributed by atoms with Gasteiger partial charge < -0.3 is 16.4 Å². The van der Waals surface area contributed by atoms with E-state index in [4.69, 9.17) is 5.73 Å². The molecule has 0 fully saturated rings. The van der Waals surface area contributed by atoms with Crippen molar-refractivity contribution in [3.05, 3.63) is 71.8 Å². The second kappa shape index (κ2) is 8.84. The highest BCUT2D eigenvalue weighted by atomic mass is 16.2. The molecule has 0 unspecified atom stereocenters. The van der Waals surface area contributed by atoms with Crippen molar-refractivity contribution in [3.8, 4) is 0 Å². The molecule has 2 rings (SSSR count). The number of nitrogens with two attached hydrogens (primary N) is 1. The van der Waals surface area contributed by atoms with Gasteiger partial charge in [-0.25, -0.2) is 0 Å². The summed E-state index contributed by atoms with van der Waals surface area (Å²) in [6, 6.07) is 17.1. The minimum absolute atomic E-state index is 0.321. The van der Waals surface area contributed by atoms with Crippen LogP contribution >= 0.6 is 0 Å². The van der Waals surface area contributed by atoms with Crippen molar-refractivity contribution in [1.82, 2.24) is 10.6 Å². The van der Waals surface area contributed by atoms with Crippen molar-refractivity contribution in [1.29, 1.82) is 0 Å². The number of carbonyl (C=O) groups excluding carboxylic acids is 2. The van der Waals surface area contributed by atoms with Crippen molar-refractivity contribution >= 4 is 11.8 Å². The molecule has 0 spiro atoms. The van der Waals surface area contributed by atoms with E-state index in [-0.39, 0.29) is 11.9 Å². The molecule has 0 saturated carbocycles. The summed E-state index contributed by atoms with van der Waals surface area (Å²) in [5.41, 5.74) is 6.98. The monoisotopic (exact) mass is 325 g/mol. The molecule has 0 heterocycles. The predicted molar refractivity (Wildman–Crippen MR) is 94.4 cm³/mol. The SMILES string of the molecule is CCCN[C@H](c1ccccc1)[C@@H](NC(=O)c1ccccc1)C(N)=O. The number of amides is 2. The third kappa shape index (κ3) is 4.67. The summed E-state index contributed by atoms with van der Waals surface area (Å²) >= 11 is 0. The largest absolute Gasteiger partial charge is 0.368 e. The van der Waals surface area contributed by atoms with E-state index >= 15 is 0 Å². The number of primary amides is 1. The summed E-state index contributed by atoms with van der Waals surface area (Å²) in [6.07, 6.45) is 0.904. The number of carbonyl (C=O) groups is 2. The molecule has 0 aliphatic heterocycles. The third-order valence-electron chi connectivity index (χ3n) is 3.74. The summed E-state index contributed by atoms with van der Waals surface area (Å²) in [5.74, 6) is -0.893. The van der Waals surface area contributed by atoms with Crippen LogP contribution in [-0.2, 0) is 4.79 Å². The van der Waals surface area contributed by atoms with Gasteiger partial charge in [-0.3, -0.25) is 9.59 Å². The molecule has 2 aromatic carbocycles. The molecule has 2 amide bonds. The molecule has 0 aromatic heterocycles. The van der Waals surface area contributed by atoms with Crippen molar-refractivity contribution in [2.45, 2.75) is 25.4 Å². The van der Waals surface area contributed by atoms with E-state index in [9.17, 15) is 9.59 Å². The van der Waals surface area contributed by atoms with Gasteiger partial charge >= 0.3 is 0 Å². The molecule has 126 valence electrons. The lowest BCUT2D eigenvalue weighted by Crippen LogP contribution is -2.52. The molecule has 2 atom stereocenters. The molecule has 0 bridgehead atoms. The normalized spacial score (nSPS) is 13.0. The van der Waals surface area contributed by atoms with Gasteiger partial charge in [-0.1, -0.05) is 55.5 Å². The summed E-state index contributed by atoms with van der Waals surface area (Å²) in [6.45, 7) is 2.75. The Labute approximate surface area is 142 Å². The lowest BCUT2D eigenvalue weighted by Gasteiger charge is -2.27. The van der Waals surface area contributed by atoms with Crippen molar-refractivity contribution < 1.29 is 9.59 Å². The molecule has 4 N–H and O–H groups in total. The Morgan fingerprint density at radius 1 is 1.00 bits per heavy atom. The van der Waals surface area contributed by atoms with Gasteiger partial charge in [-0.05, 0) is 30.7 Å². The van der Waals surface area contributed by atoms with E-state index in [1.54, 1.807) is 24.3 Å². The van der Waals surface area contributed by atoms with Crippen LogP contribution in [0.2, 0.25) is 0 Å². The topological polar surface area (TPSA) is 84.2 Å². The first-order chi connectivity index (χ1) is 11.6. The zero-order chi connectivity index (χ0) is 17.4. The van der Waals surface area contributed by atoms with Crippen LogP contribution in [0.5, 0.6) is 0 Å². The van der Waals surface area contributed by atoms with Crippen LogP contribution in [0.3, 0.4) is 0 Å². The average Bonchev–Trinajstić information content (AvgIpc) is 2.62. The van der Waals surface area contributed by atoms with Crippen LogP contribution in [0.1, 0.15) is 35.3 Å². The summed E-state index contributed by atoms with van der Waals surface area (Å²) < 4.78 is 0. The van der Waals surface area contributed by atoms with Gasteiger partial charge in [0, 0.05) is 5.56 Å². The van der Waals surface area contributed by atoms with Gasteiger partial charge in [-0.2, -0.15) is 0 Å². The van der Waals surface area contributed by atoms with Gasteiger partial charge in [0.25, 0.3) is 5.91 Å². The van der Waals surface area contributed by atoms with Crippen LogP contribution < -0.4 is 16.4 Å². The average molecular weight is 325 g/mol. The Morgan fingerprint density at radius 2 is 1.58 bits per heavy atom. The number of hydrogen-bond donors (Lipinski definition) is 3. The fourth-order valence-corrected chi connectivity index (χ4v) is 2.52. The second-order valence-electron chi connectivity index (χ2n) is 5.56. The molecule has 0 radical (unpaired) electrons. The number of hydrogen-bond acceptors (Lipinski definition) is 3. The molecule has 0 aliphatic carbocycles. The highest BCUT2D eigenvalue weighted by Gasteiger charge is 2.29. The van der Waals surface area contributed by atoms with Gasteiger partial charge in [0.1, 0.15) is 6.04 Å². The van der Waals surface area contributed by atoms with E-state index in [0.717, 1.165) is 12.0 Å². The molecule has 5 nitrogen and oxygen atoms in total.